The van der Waals surface area contributed by atoms with Gasteiger partial charge in [0, 0.05) is 35.8 Å². The van der Waals surface area contributed by atoms with Crippen molar-refractivity contribution in [3.05, 3.63) is 36.4 Å². The molecule has 1 N–H and O–H groups in total. The van der Waals surface area contributed by atoms with Crippen molar-refractivity contribution in [2.24, 2.45) is 4.99 Å². The summed E-state index contributed by atoms with van der Waals surface area (Å²) >= 11 is 0. The van der Waals surface area contributed by atoms with Crippen molar-refractivity contribution < 1.29 is 23.6 Å². The van der Waals surface area contributed by atoms with Gasteiger partial charge in [-0.2, -0.15) is 4.98 Å². The molecule has 1 aromatic carbocycles. The molecule has 2 aromatic heterocycles. The molecule has 11 heteroatoms. The van der Waals surface area contributed by atoms with E-state index in [4.69, 9.17) is 19.0 Å². The number of alkyl carbamates (subject to hydrolysis) is 1. The van der Waals surface area contributed by atoms with Crippen LogP contribution in [-0.4, -0.2) is 55.5 Å². The zero-order valence-electron chi connectivity index (χ0n) is 25.9. The lowest BCUT2D eigenvalue weighted by Gasteiger charge is -2.27. The predicted molar refractivity (Wildman–Crippen MR) is 161 cm³/mol. The molecule has 1 atom stereocenters. The van der Waals surface area contributed by atoms with Crippen LogP contribution in [0.25, 0.3) is 22.3 Å². The molecule has 1 saturated heterocycles. The maximum Gasteiger partial charge on any atom is 0.437 e. The molecule has 0 aliphatic carbocycles. The van der Waals surface area contributed by atoms with Gasteiger partial charge in [-0.15, -0.1) is 4.99 Å². The zero-order valence-corrected chi connectivity index (χ0v) is 25.9. The summed E-state index contributed by atoms with van der Waals surface area (Å²) in [6.07, 6.45) is 6.69. The zero-order chi connectivity index (χ0) is 30.5. The molecule has 42 heavy (non-hydrogen) atoms. The number of unbranched alkanes of at least 4 members (excludes halogenated alkanes) is 3. The van der Waals surface area contributed by atoms with Gasteiger partial charge in [-0.25, -0.2) is 9.59 Å². The van der Waals surface area contributed by atoms with Crippen LogP contribution >= 0.6 is 0 Å². The number of carbonyl (C=O) groups excluding carboxylic acids is 2. The topological polar surface area (TPSA) is 124 Å². The van der Waals surface area contributed by atoms with Gasteiger partial charge in [0.05, 0.1) is 0 Å². The second kappa shape index (κ2) is 13.0. The second-order valence-corrected chi connectivity index (χ2v) is 12.7. The Morgan fingerprint density at radius 3 is 2.52 bits per heavy atom. The molecule has 0 saturated carbocycles. The molecule has 1 fully saturated rings. The maximum absolute atomic E-state index is 12.7. The highest BCUT2D eigenvalue weighted by atomic mass is 16.6. The van der Waals surface area contributed by atoms with Crippen molar-refractivity contribution in [1.29, 1.82) is 0 Å². The van der Waals surface area contributed by atoms with Crippen LogP contribution in [0.5, 0.6) is 0 Å². The SMILES string of the molecule is CCCCCCn1cc(-c2noc([C@@H]3CCCN3/C(=N\C(=O)OC(C)(C)C)NC(=O)OC(C)(C)C)n2)c2ccccc21. The average Bonchev–Trinajstić information content (AvgIpc) is 3.62. The van der Waals surface area contributed by atoms with E-state index >= 15 is 0 Å². The summed E-state index contributed by atoms with van der Waals surface area (Å²) in [4.78, 5) is 36.1. The first-order valence-electron chi connectivity index (χ1n) is 14.8. The number of carbonyl (C=O) groups is 2. The third-order valence-electron chi connectivity index (χ3n) is 6.74. The minimum atomic E-state index is -0.822. The third kappa shape index (κ3) is 8.10. The van der Waals surface area contributed by atoms with E-state index in [2.05, 4.69) is 45.3 Å². The third-order valence-corrected chi connectivity index (χ3v) is 6.74. The van der Waals surface area contributed by atoms with E-state index in [-0.39, 0.29) is 5.96 Å². The highest BCUT2D eigenvalue weighted by Crippen LogP contribution is 2.34. The number of fused-ring (bicyclic) bond motifs is 1. The first-order valence-corrected chi connectivity index (χ1v) is 14.8. The normalized spacial score (nSPS) is 16.2. The second-order valence-electron chi connectivity index (χ2n) is 12.7. The Morgan fingerprint density at radius 2 is 1.81 bits per heavy atom. The van der Waals surface area contributed by atoms with Crippen LogP contribution in [0.15, 0.2) is 40.0 Å². The first kappa shape index (κ1) is 31.1. The van der Waals surface area contributed by atoms with Crippen molar-refractivity contribution in [3.8, 4) is 11.4 Å². The van der Waals surface area contributed by atoms with E-state index in [1.54, 1.807) is 46.4 Å². The number of hydrogen-bond acceptors (Lipinski definition) is 7. The number of amides is 2. The number of ether oxygens (including phenoxy) is 2. The monoisotopic (exact) mass is 580 g/mol. The van der Waals surface area contributed by atoms with Crippen LogP contribution in [0.4, 0.5) is 9.59 Å². The first-order chi connectivity index (χ1) is 19.8. The standard InChI is InChI=1S/C31H44N6O5/c1-8-9-10-13-18-36-20-22(21-15-11-12-16-23(21)36)25-32-26(42-35-25)24-17-14-19-37(24)27(33-28(38)40-30(2,3)4)34-29(39)41-31(5,6)7/h11-12,15-16,20,24H,8-10,13-14,17-19H2,1-7H3,(H,33,34,38,39)/t24-/m0/s1. The van der Waals surface area contributed by atoms with Crippen LogP contribution in [0.2, 0.25) is 0 Å². The van der Waals surface area contributed by atoms with Gasteiger partial charge in [0.25, 0.3) is 0 Å². The highest BCUT2D eigenvalue weighted by molar-refractivity contribution is 5.99. The van der Waals surface area contributed by atoms with Gasteiger partial charge in [-0.1, -0.05) is 49.5 Å². The number of aliphatic imine (C=N–C) groups is 1. The van der Waals surface area contributed by atoms with E-state index < -0.39 is 29.4 Å². The Hall–Kier alpha value is -3.89. The summed E-state index contributed by atoms with van der Waals surface area (Å²) in [5, 5.41) is 8.05. The van der Waals surface area contributed by atoms with Crippen molar-refractivity contribution in [2.45, 2.75) is 111 Å². The van der Waals surface area contributed by atoms with E-state index in [1.807, 2.05) is 12.1 Å². The Labute approximate surface area is 247 Å². The van der Waals surface area contributed by atoms with E-state index in [0.717, 1.165) is 35.9 Å². The van der Waals surface area contributed by atoms with Crippen LogP contribution in [0.3, 0.4) is 0 Å². The lowest BCUT2D eigenvalue weighted by Crippen LogP contribution is -2.46. The molecule has 11 nitrogen and oxygen atoms in total. The van der Waals surface area contributed by atoms with Crippen LogP contribution in [0, 0.1) is 0 Å². The van der Waals surface area contributed by atoms with Gasteiger partial charge in [0.2, 0.25) is 17.7 Å². The van der Waals surface area contributed by atoms with Crippen molar-refractivity contribution in [3.63, 3.8) is 0 Å². The molecule has 3 heterocycles. The number of likely N-dealkylation sites (tertiary alicyclic amines) is 1. The van der Waals surface area contributed by atoms with Gasteiger partial charge in [-0.05, 0) is 66.9 Å². The van der Waals surface area contributed by atoms with Gasteiger partial charge < -0.3 is 23.5 Å². The number of benzene rings is 1. The van der Waals surface area contributed by atoms with Crippen LogP contribution in [0.1, 0.15) is 98.9 Å². The molecular weight excluding hydrogens is 536 g/mol. The molecule has 3 aromatic rings. The fourth-order valence-corrected chi connectivity index (χ4v) is 5.01. The fourth-order valence-electron chi connectivity index (χ4n) is 5.01. The molecule has 1 aliphatic heterocycles. The fraction of sp³-hybridized carbons (Fsp3) is 0.581. The Morgan fingerprint density at radius 1 is 1.07 bits per heavy atom. The molecule has 228 valence electrons. The summed E-state index contributed by atoms with van der Waals surface area (Å²) in [5.41, 5.74) is 0.544. The number of rotatable bonds is 7. The van der Waals surface area contributed by atoms with Crippen molar-refractivity contribution >= 4 is 29.0 Å². The Kier molecular flexibility index (Phi) is 9.58. The summed E-state index contributed by atoms with van der Waals surface area (Å²) in [6.45, 7) is 14.2. The summed E-state index contributed by atoms with van der Waals surface area (Å²) in [7, 11) is 0. The molecular formula is C31H44N6O5. The lowest BCUT2D eigenvalue weighted by molar-refractivity contribution is 0.0553. The van der Waals surface area contributed by atoms with Gasteiger partial charge in [0.1, 0.15) is 17.2 Å². The van der Waals surface area contributed by atoms with Crippen LogP contribution in [-0.2, 0) is 16.0 Å². The van der Waals surface area contributed by atoms with Gasteiger partial charge in [-0.3, -0.25) is 5.32 Å². The Bertz CT molecular complexity index is 1410. The summed E-state index contributed by atoms with van der Waals surface area (Å²) < 4.78 is 18.9. The molecule has 0 unspecified atom stereocenters. The summed E-state index contributed by atoms with van der Waals surface area (Å²) in [6, 6.07) is 7.83. The van der Waals surface area contributed by atoms with E-state index in [0.29, 0.717) is 24.7 Å². The molecule has 0 radical (unpaired) electrons. The number of nitrogens with zero attached hydrogens (tertiary/aromatic N) is 5. The maximum atomic E-state index is 12.7. The van der Waals surface area contributed by atoms with Gasteiger partial charge >= 0.3 is 12.2 Å². The smallest absolute Gasteiger partial charge is 0.437 e. The number of aryl methyl sites for hydroxylation is 1. The highest BCUT2D eigenvalue weighted by Gasteiger charge is 2.35. The quantitative estimate of drug-likeness (QED) is 0.176. The number of guanidine groups is 1. The molecule has 0 bridgehead atoms. The minimum Gasteiger partial charge on any atom is -0.444 e. The lowest BCUT2D eigenvalue weighted by atomic mass is 10.1. The van der Waals surface area contributed by atoms with E-state index in [1.165, 1.54) is 19.3 Å². The van der Waals surface area contributed by atoms with Crippen molar-refractivity contribution in [1.82, 2.24) is 24.9 Å². The minimum absolute atomic E-state index is 0.0180. The Balaban J connectivity index is 1.61. The van der Waals surface area contributed by atoms with E-state index in [9.17, 15) is 9.59 Å². The predicted octanol–water partition coefficient (Wildman–Crippen LogP) is 7.22. The summed E-state index contributed by atoms with van der Waals surface area (Å²) in [5.74, 6) is 0.890. The van der Waals surface area contributed by atoms with Gasteiger partial charge in [0.15, 0.2) is 0 Å². The number of aromatic nitrogens is 3. The number of para-hydroxylation sites is 1. The number of hydrogen-bond donors (Lipinski definition) is 1. The molecule has 1 aliphatic rings. The molecule has 2 amide bonds. The largest absolute Gasteiger partial charge is 0.444 e. The average molecular weight is 581 g/mol. The molecule has 4 rings (SSSR count). The van der Waals surface area contributed by atoms with Crippen LogP contribution < -0.4 is 5.32 Å². The number of nitrogens with one attached hydrogen (secondary N) is 1. The van der Waals surface area contributed by atoms with Crippen molar-refractivity contribution in [2.75, 3.05) is 6.54 Å². The molecule has 0 spiro atoms.